The molecule has 0 radical (unpaired) electrons. The van der Waals surface area contributed by atoms with Crippen molar-refractivity contribution < 1.29 is 14.2 Å². The van der Waals surface area contributed by atoms with E-state index in [4.69, 9.17) is 4.74 Å². The fraction of sp³-hybridized carbons (Fsp3) is 0.250. The van der Waals surface area contributed by atoms with Crippen molar-refractivity contribution in [3.05, 3.63) is 59.4 Å². The van der Waals surface area contributed by atoms with Gasteiger partial charge in [0, 0.05) is 18.2 Å². The molecule has 0 fully saturated rings. The molecule has 0 bridgehead atoms. The van der Waals surface area contributed by atoms with E-state index in [0.717, 1.165) is 11.1 Å². The van der Waals surface area contributed by atoms with Crippen molar-refractivity contribution >= 4 is 0 Å². The Morgan fingerprint density at radius 1 is 1.20 bits per heavy atom. The van der Waals surface area contributed by atoms with E-state index >= 15 is 0 Å². The van der Waals surface area contributed by atoms with E-state index in [1.807, 2.05) is 6.92 Å². The first kappa shape index (κ1) is 14.3. The van der Waals surface area contributed by atoms with E-state index in [0.29, 0.717) is 12.3 Å². The van der Waals surface area contributed by atoms with Crippen molar-refractivity contribution in [2.24, 2.45) is 0 Å². The predicted molar refractivity (Wildman–Crippen MR) is 76.3 cm³/mol. The lowest BCUT2D eigenvalue weighted by molar-refractivity contribution is 0.409. The van der Waals surface area contributed by atoms with Crippen LogP contribution in [0.15, 0.2) is 42.5 Å². The Kier molecular flexibility index (Phi) is 4.58. The maximum Gasteiger partial charge on any atom is 0.123 e. The van der Waals surface area contributed by atoms with E-state index in [1.165, 1.54) is 12.1 Å². The molecular formula is C16H18FNO2. The molecule has 20 heavy (non-hydrogen) atoms. The molecule has 2 N–H and O–H groups in total. The number of phenols is 1. The summed E-state index contributed by atoms with van der Waals surface area (Å²) in [4.78, 5) is 0. The van der Waals surface area contributed by atoms with E-state index < -0.39 is 0 Å². The average molecular weight is 275 g/mol. The van der Waals surface area contributed by atoms with Gasteiger partial charge in [-0.2, -0.15) is 0 Å². The van der Waals surface area contributed by atoms with Gasteiger partial charge in [-0.05, 0) is 42.8 Å². The van der Waals surface area contributed by atoms with Gasteiger partial charge in [-0.25, -0.2) is 4.39 Å². The van der Waals surface area contributed by atoms with Gasteiger partial charge in [0.1, 0.15) is 17.3 Å². The zero-order valence-corrected chi connectivity index (χ0v) is 11.6. The zero-order chi connectivity index (χ0) is 14.5. The second-order valence-corrected chi connectivity index (χ2v) is 4.65. The Morgan fingerprint density at radius 3 is 2.55 bits per heavy atom. The van der Waals surface area contributed by atoms with E-state index in [2.05, 4.69) is 5.32 Å². The summed E-state index contributed by atoms with van der Waals surface area (Å²) in [5.41, 5.74) is 1.76. The van der Waals surface area contributed by atoms with E-state index in [-0.39, 0.29) is 17.6 Å². The number of aromatic hydroxyl groups is 1. The lowest BCUT2D eigenvalue weighted by Gasteiger charge is -2.15. The molecule has 4 heteroatoms. The summed E-state index contributed by atoms with van der Waals surface area (Å²) in [5, 5.41) is 13.1. The summed E-state index contributed by atoms with van der Waals surface area (Å²) in [5.74, 6) is 0.685. The van der Waals surface area contributed by atoms with Crippen LogP contribution in [-0.2, 0) is 6.54 Å². The highest BCUT2D eigenvalue weighted by molar-refractivity contribution is 5.39. The molecule has 0 unspecified atom stereocenters. The fourth-order valence-electron chi connectivity index (χ4n) is 1.96. The van der Waals surface area contributed by atoms with Crippen LogP contribution in [0.4, 0.5) is 4.39 Å². The SMILES string of the molecule is COc1ccc(O)c(CN[C@@H](C)c2ccc(F)cc2)c1. The van der Waals surface area contributed by atoms with Gasteiger partial charge >= 0.3 is 0 Å². The molecule has 2 aromatic rings. The number of nitrogens with one attached hydrogen (secondary N) is 1. The predicted octanol–water partition coefficient (Wildman–Crippen LogP) is 3.39. The molecule has 2 aromatic carbocycles. The molecule has 0 heterocycles. The molecular weight excluding hydrogens is 257 g/mol. The van der Waals surface area contributed by atoms with Crippen LogP contribution < -0.4 is 10.1 Å². The Labute approximate surface area is 118 Å². The first-order valence-corrected chi connectivity index (χ1v) is 6.45. The quantitative estimate of drug-likeness (QED) is 0.879. The first-order chi connectivity index (χ1) is 9.60. The number of halogens is 1. The van der Waals surface area contributed by atoms with Crippen LogP contribution in [0.2, 0.25) is 0 Å². The molecule has 0 aliphatic carbocycles. The Hall–Kier alpha value is -2.07. The van der Waals surface area contributed by atoms with Crippen molar-refractivity contribution in [2.75, 3.05) is 7.11 Å². The van der Waals surface area contributed by atoms with Crippen LogP contribution in [0.1, 0.15) is 24.1 Å². The second-order valence-electron chi connectivity index (χ2n) is 4.65. The van der Waals surface area contributed by atoms with Gasteiger partial charge in [-0.15, -0.1) is 0 Å². The van der Waals surface area contributed by atoms with Crippen molar-refractivity contribution in [3.63, 3.8) is 0 Å². The van der Waals surface area contributed by atoms with Gasteiger partial charge in [-0.3, -0.25) is 0 Å². The van der Waals surface area contributed by atoms with Gasteiger partial charge in [-0.1, -0.05) is 12.1 Å². The standard InChI is InChI=1S/C16H18FNO2/c1-11(12-3-5-14(17)6-4-12)18-10-13-9-15(20-2)7-8-16(13)19/h3-9,11,18-19H,10H2,1-2H3/t11-/m0/s1. The third-order valence-electron chi connectivity index (χ3n) is 3.26. The maximum absolute atomic E-state index is 12.9. The Morgan fingerprint density at radius 2 is 1.90 bits per heavy atom. The number of hydrogen-bond donors (Lipinski definition) is 2. The highest BCUT2D eigenvalue weighted by Gasteiger charge is 2.08. The topological polar surface area (TPSA) is 41.5 Å². The van der Waals surface area contributed by atoms with Crippen molar-refractivity contribution in [1.29, 1.82) is 0 Å². The smallest absolute Gasteiger partial charge is 0.123 e. The van der Waals surface area contributed by atoms with Gasteiger partial charge in [0.15, 0.2) is 0 Å². The van der Waals surface area contributed by atoms with Crippen molar-refractivity contribution in [2.45, 2.75) is 19.5 Å². The second kappa shape index (κ2) is 6.39. The fourth-order valence-corrected chi connectivity index (χ4v) is 1.96. The lowest BCUT2D eigenvalue weighted by atomic mass is 10.1. The molecule has 0 aromatic heterocycles. The minimum absolute atomic E-state index is 0.0567. The van der Waals surface area contributed by atoms with Crippen LogP contribution in [0.3, 0.4) is 0 Å². The largest absolute Gasteiger partial charge is 0.508 e. The molecule has 3 nitrogen and oxygen atoms in total. The first-order valence-electron chi connectivity index (χ1n) is 6.45. The van der Waals surface area contributed by atoms with E-state index in [1.54, 1.807) is 37.4 Å². The van der Waals surface area contributed by atoms with Gasteiger partial charge in [0.05, 0.1) is 7.11 Å². The highest BCUT2D eigenvalue weighted by atomic mass is 19.1. The molecule has 0 saturated carbocycles. The summed E-state index contributed by atoms with van der Waals surface area (Å²) in [6.45, 7) is 2.49. The van der Waals surface area contributed by atoms with Crippen LogP contribution >= 0.6 is 0 Å². The molecule has 106 valence electrons. The average Bonchev–Trinajstić information content (AvgIpc) is 2.47. The van der Waals surface area contributed by atoms with Gasteiger partial charge in [0.2, 0.25) is 0 Å². The maximum atomic E-state index is 12.9. The molecule has 0 aliphatic heterocycles. The van der Waals surface area contributed by atoms with Crippen LogP contribution in [0, 0.1) is 5.82 Å². The summed E-state index contributed by atoms with van der Waals surface area (Å²) in [6.07, 6.45) is 0. The third-order valence-corrected chi connectivity index (χ3v) is 3.26. The number of ether oxygens (including phenoxy) is 1. The summed E-state index contributed by atoms with van der Waals surface area (Å²) in [7, 11) is 1.59. The Bertz CT molecular complexity index is 569. The summed E-state index contributed by atoms with van der Waals surface area (Å²) >= 11 is 0. The number of methoxy groups -OCH3 is 1. The summed E-state index contributed by atoms with van der Waals surface area (Å²) < 4.78 is 18.0. The summed E-state index contributed by atoms with van der Waals surface area (Å²) in [6, 6.07) is 11.5. The third kappa shape index (κ3) is 3.48. The molecule has 0 aliphatic rings. The number of phenolic OH excluding ortho intramolecular Hbond substituents is 1. The number of benzene rings is 2. The normalized spacial score (nSPS) is 12.2. The van der Waals surface area contributed by atoms with E-state index in [9.17, 15) is 9.50 Å². The monoisotopic (exact) mass is 275 g/mol. The molecule has 2 rings (SSSR count). The van der Waals surface area contributed by atoms with Crippen LogP contribution in [0.25, 0.3) is 0 Å². The van der Waals surface area contributed by atoms with Crippen molar-refractivity contribution in [1.82, 2.24) is 5.32 Å². The number of rotatable bonds is 5. The molecule has 0 saturated heterocycles. The van der Waals surface area contributed by atoms with Crippen LogP contribution in [-0.4, -0.2) is 12.2 Å². The minimum atomic E-state index is -0.244. The molecule has 0 spiro atoms. The number of hydrogen-bond acceptors (Lipinski definition) is 3. The lowest BCUT2D eigenvalue weighted by Crippen LogP contribution is -2.18. The minimum Gasteiger partial charge on any atom is -0.508 e. The van der Waals surface area contributed by atoms with Crippen LogP contribution in [0.5, 0.6) is 11.5 Å². The zero-order valence-electron chi connectivity index (χ0n) is 11.6. The highest BCUT2D eigenvalue weighted by Crippen LogP contribution is 2.23. The van der Waals surface area contributed by atoms with Crippen molar-refractivity contribution in [3.8, 4) is 11.5 Å². The van der Waals surface area contributed by atoms with Gasteiger partial charge < -0.3 is 15.2 Å². The van der Waals surface area contributed by atoms with Gasteiger partial charge in [0.25, 0.3) is 0 Å². The molecule has 0 amide bonds. The Balaban J connectivity index is 2.02. The molecule has 1 atom stereocenters.